The van der Waals surface area contributed by atoms with Crippen LogP contribution in [0.5, 0.6) is 0 Å². The zero-order chi connectivity index (χ0) is 21.2. The Morgan fingerprint density at radius 2 is 2.00 bits per heavy atom. The molecule has 3 heterocycles. The number of anilines is 1. The predicted molar refractivity (Wildman–Crippen MR) is 116 cm³/mol. The van der Waals surface area contributed by atoms with E-state index in [1.54, 1.807) is 18.2 Å². The minimum absolute atomic E-state index is 0.0871. The van der Waals surface area contributed by atoms with Crippen molar-refractivity contribution in [2.75, 3.05) is 18.5 Å². The molecule has 2 aromatic carbocycles. The highest BCUT2D eigenvalue weighted by atomic mass is 16.5. The van der Waals surface area contributed by atoms with Gasteiger partial charge in [-0.25, -0.2) is 0 Å². The minimum atomic E-state index is -0.161. The number of ether oxygens (including phenoxy) is 1. The van der Waals surface area contributed by atoms with Crippen LogP contribution < -0.4 is 10.7 Å². The topological polar surface area (TPSA) is 101 Å². The third-order valence-corrected chi connectivity index (χ3v) is 5.29. The lowest BCUT2D eigenvalue weighted by atomic mass is 10.1. The molecule has 1 aliphatic heterocycles. The van der Waals surface area contributed by atoms with Gasteiger partial charge in [0.25, 0.3) is 0 Å². The van der Waals surface area contributed by atoms with Gasteiger partial charge in [0.05, 0.1) is 17.1 Å². The Hall–Kier alpha value is -3.89. The van der Waals surface area contributed by atoms with E-state index >= 15 is 0 Å². The molecule has 0 saturated carbocycles. The van der Waals surface area contributed by atoms with Crippen molar-refractivity contribution >= 4 is 16.9 Å². The number of aromatic nitrogens is 1. The highest BCUT2D eigenvalue weighted by Gasteiger charge is 2.21. The number of hydrogen-bond acceptors (Lipinski definition) is 7. The summed E-state index contributed by atoms with van der Waals surface area (Å²) in [6, 6.07) is 18.1. The number of fused-ring (bicyclic) bond motifs is 1. The summed E-state index contributed by atoms with van der Waals surface area (Å²) in [7, 11) is 0. The molecule has 31 heavy (non-hydrogen) atoms. The van der Waals surface area contributed by atoms with E-state index in [9.17, 15) is 10.1 Å². The fraction of sp³-hybridized carbons (Fsp3) is 0.208. The van der Waals surface area contributed by atoms with Gasteiger partial charge in [0.15, 0.2) is 11.0 Å². The van der Waals surface area contributed by atoms with Gasteiger partial charge >= 0.3 is 0 Å². The average molecular weight is 413 g/mol. The highest BCUT2D eigenvalue weighted by Crippen LogP contribution is 2.32. The van der Waals surface area contributed by atoms with E-state index in [2.05, 4.69) is 16.4 Å². The highest BCUT2D eigenvalue weighted by molar-refractivity contribution is 5.91. The van der Waals surface area contributed by atoms with Crippen LogP contribution >= 0.6 is 0 Å². The van der Waals surface area contributed by atoms with E-state index in [1.807, 2.05) is 30.3 Å². The summed E-state index contributed by atoms with van der Waals surface area (Å²) in [5.41, 5.74) is 1.65. The van der Waals surface area contributed by atoms with Crippen molar-refractivity contribution in [2.45, 2.75) is 18.9 Å². The molecule has 1 atom stereocenters. The number of para-hydroxylation sites is 1. The molecule has 1 N–H and O–H groups in total. The van der Waals surface area contributed by atoms with Crippen molar-refractivity contribution in [1.82, 2.24) is 4.98 Å². The first kappa shape index (κ1) is 19.1. The van der Waals surface area contributed by atoms with Crippen LogP contribution in [0.1, 0.15) is 18.5 Å². The zero-order valence-electron chi connectivity index (χ0n) is 16.6. The van der Waals surface area contributed by atoms with Gasteiger partial charge in [-0.1, -0.05) is 36.4 Å². The first-order valence-electron chi connectivity index (χ1n) is 10.1. The van der Waals surface area contributed by atoms with Gasteiger partial charge in [-0.3, -0.25) is 4.79 Å². The van der Waals surface area contributed by atoms with Gasteiger partial charge in [0.1, 0.15) is 11.8 Å². The first-order chi connectivity index (χ1) is 15.2. The monoisotopic (exact) mass is 413 g/mol. The third-order valence-electron chi connectivity index (χ3n) is 5.29. The van der Waals surface area contributed by atoms with Crippen LogP contribution in [0.25, 0.3) is 33.7 Å². The second-order valence-electron chi connectivity index (χ2n) is 7.35. The summed E-state index contributed by atoms with van der Waals surface area (Å²) in [5, 5.41) is 13.0. The fourth-order valence-corrected chi connectivity index (χ4v) is 3.73. The Morgan fingerprint density at radius 3 is 2.77 bits per heavy atom. The van der Waals surface area contributed by atoms with Crippen LogP contribution in [0.2, 0.25) is 0 Å². The van der Waals surface area contributed by atoms with Crippen LogP contribution in [0.4, 0.5) is 5.88 Å². The fourth-order valence-electron chi connectivity index (χ4n) is 3.73. The van der Waals surface area contributed by atoms with Crippen LogP contribution in [-0.2, 0) is 4.74 Å². The van der Waals surface area contributed by atoms with Gasteiger partial charge in [-0.05, 0) is 25.0 Å². The molecule has 1 fully saturated rings. The maximum atomic E-state index is 12.7. The standard InChI is InChI=1S/C24H19N3O4/c25-13-19-24(26-14-16-8-5-11-29-16)31-23(27-19)18-10-4-9-17-20(28)12-21(30-22(17)18)15-6-2-1-3-7-15/h1-4,6-7,9-10,12,16,26H,5,8,11,14H2. The van der Waals surface area contributed by atoms with Crippen molar-refractivity contribution in [1.29, 1.82) is 5.26 Å². The Balaban J connectivity index is 1.57. The molecule has 0 aliphatic carbocycles. The Labute approximate surface area is 177 Å². The molecule has 0 amide bonds. The molecule has 4 aromatic rings. The van der Waals surface area contributed by atoms with Crippen molar-refractivity contribution in [3.05, 3.63) is 70.5 Å². The number of oxazole rings is 1. The molecule has 0 spiro atoms. The van der Waals surface area contributed by atoms with Crippen molar-refractivity contribution in [3.8, 4) is 28.8 Å². The summed E-state index contributed by atoms with van der Waals surface area (Å²) in [6.45, 7) is 1.28. The lowest BCUT2D eigenvalue weighted by Gasteiger charge is -2.09. The van der Waals surface area contributed by atoms with Gasteiger partial charge in [0, 0.05) is 24.8 Å². The lowest BCUT2D eigenvalue weighted by molar-refractivity contribution is 0.120. The van der Waals surface area contributed by atoms with E-state index in [-0.39, 0.29) is 29.0 Å². The second kappa shape index (κ2) is 8.09. The van der Waals surface area contributed by atoms with Crippen molar-refractivity contribution in [3.63, 3.8) is 0 Å². The number of benzene rings is 2. The smallest absolute Gasteiger partial charge is 0.233 e. The van der Waals surface area contributed by atoms with Gasteiger partial charge in [-0.2, -0.15) is 10.2 Å². The Kier molecular flexibility index (Phi) is 4.98. The van der Waals surface area contributed by atoms with E-state index in [0.717, 1.165) is 25.0 Å². The van der Waals surface area contributed by atoms with E-state index in [4.69, 9.17) is 13.6 Å². The number of nitrogens with one attached hydrogen (secondary N) is 1. The quantitative estimate of drug-likeness (QED) is 0.511. The molecule has 7 heteroatoms. The molecule has 2 aromatic heterocycles. The molecular formula is C24H19N3O4. The maximum absolute atomic E-state index is 12.7. The molecule has 7 nitrogen and oxygen atoms in total. The summed E-state index contributed by atoms with van der Waals surface area (Å²) in [6.07, 6.45) is 2.08. The van der Waals surface area contributed by atoms with Crippen molar-refractivity contribution < 1.29 is 13.6 Å². The summed E-state index contributed by atoms with van der Waals surface area (Å²) < 4.78 is 17.6. The Morgan fingerprint density at radius 1 is 1.13 bits per heavy atom. The molecule has 1 aliphatic rings. The van der Waals surface area contributed by atoms with Crippen LogP contribution in [0.3, 0.4) is 0 Å². The molecule has 0 bridgehead atoms. The number of hydrogen-bond donors (Lipinski definition) is 1. The molecule has 5 rings (SSSR count). The molecule has 1 saturated heterocycles. The lowest BCUT2D eigenvalue weighted by Crippen LogP contribution is -2.18. The van der Waals surface area contributed by atoms with Gasteiger partial charge in [-0.15, -0.1) is 0 Å². The number of nitrogens with zero attached hydrogens (tertiary/aromatic N) is 2. The zero-order valence-corrected chi connectivity index (χ0v) is 16.6. The summed E-state index contributed by atoms with van der Waals surface area (Å²) in [5.74, 6) is 0.950. The predicted octanol–water partition coefficient (Wildman–Crippen LogP) is 4.58. The maximum Gasteiger partial charge on any atom is 0.233 e. The number of nitriles is 1. The molecule has 154 valence electrons. The van der Waals surface area contributed by atoms with E-state index in [1.165, 1.54) is 6.07 Å². The minimum Gasteiger partial charge on any atom is -0.455 e. The summed E-state index contributed by atoms with van der Waals surface area (Å²) in [4.78, 5) is 17.1. The van der Waals surface area contributed by atoms with Crippen LogP contribution in [0, 0.1) is 11.3 Å². The normalized spacial score (nSPS) is 15.8. The largest absolute Gasteiger partial charge is 0.455 e. The third kappa shape index (κ3) is 3.69. The first-order valence-corrected chi connectivity index (χ1v) is 10.1. The van der Waals surface area contributed by atoms with E-state index < -0.39 is 0 Å². The average Bonchev–Trinajstić information content (AvgIpc) is 3.47. The van der Waals surface area contributed by atoms with E-state index in [0.29, 0.717) is 28.8 Å². The summed E-state index contributed by atoms with van der Waals surface area (Å²) >= 11 is 0. The SMILES string of the molecule is N#Cc1nc(-c2cccc3c(=O)cc(-c4ccccc4)oc23)oc1NCC1CCCO1. The molecular weight excluding hydrogens is 394 g/mol. The number of rotatable bonds is 5. The molecule has 1 unspecified atom stereocenters. The second-order valence-corrected chi connectivity index (χ2v) is 7.35. The van der Waals surface area contributed by atoms with Crippen molar-refractivity contribution in [2.24, 2.45) is 0 Å². The van der Waals surface area contributed by atoms with Crippen LogP contribution in [0.15, 0.2) is 68.2 Å². The molecule has 0 radical (unpaired) electrons. The van der Waals surface area contributed by atoms with Gasteiger partial charge in [0.2, 0.25) is 17.5 Å². The van der Waals surface area contributed by atoms with Gasteiger partial charge < -0.3 is 18.9 Å². The van der Waals surface area contributed by atoms with Crippen LogP contribution in [-0.4, -0.2) is 24.2 Å². The Bertz CT molecular complexity index is 1330.